The van der Waals surface area contributed by atoms with E-state index in [1.165, 1.54) is 0 Å². The maximum Gasteiger partial charge on any atom is 0.224 e. The molecule has 0 bridgehead atoms. The van der Waals surface area contributed by atoms with Crippen LogP contribution in [-0.4, -0.2) is 5.91 Å². The summed E-state index contributed by atoms with van der Waals surface area (Å²) in [5.41, 5.74) is 9.47. The van der Waals surface area contributed by atoms with Gasteiger partial charge in [0, 0.05) is 30.0 Å². The second-order valence-corrected chi connectivity index (χ2v) is 4.53. The maximum atomic E-state index is 11.4. The van der Waals surface area contributed by atoms with Gasteiger partial charge in [-0.1, -0.05) is 31.2 Å². The molecule has 2 rings (SSSR count). The van der Waals surface area contributed by atoms with E-state index in [4.69, 9.17) is 5.73 Å². The number of hydrogen-bond donors (Lipinski definition) is 3. The van der Waals surface area contributed by atoms with Crippen LogP contribution in [0.4, 0.5) is 17.1 Å². The van der Waals surface area contributed by atoms with Gasteiger partial charge < -0.3 is 16.4 Å². The first-order valence-electron chi connectivity index (χ1n) is 6.66. The largest absolute Gasteiger partial charge is 0.398 e. The summed E-state index contributed by atoms with van der Waals surface area (Å²) in [6.45, 7) is 2.48. The number of benzene rings is 2. The lowest BCUT2D eigenvalue weighted by Crippen LogP contribution is -2.09. The van der Waals surface area contributed by atoms with Gasteiger partial charge in [-0.3, -0.25) is 4.79 Å². The number of rotatable bonds is 5. The number of hydrogen-bond acceptors (Lipinski definition) is 3. The monoisotopic (exact) mass is 269 g/mol. The van der Waals surface area contributed by atoms with Crippen molar-refractivity contribution in [3.05, 3.63) is 54.1 Å². The zero-order chi connectivity index (χ0) is 14.4. The highest BCUT2D eigenvalue weighted by molar-refractivity contribution is 5.90. The van der Waals surface area contributed by atoms with Gasteiger partial charge in [-0.25, -0.2) is 0 Å². The number of nitrogens with one attached hydrogen (secondary N) is 2. The Balaban J connectivity index is 2.01. The summed E-state index contributed by atoms with van der Waals surface area (Å²) in [6, 6.07) is 15.4. The van der Waals surface area contributed by atoms with Crippen LogP contribution in [0, 0.1) is 0 Å². The molecule has 0 aromatic heterocycles. The lowest BCUT2D eigenvalue weighted by Gasteiger charge is -2.10. The van der Waals surface area contributed by atoms with Gasteiger partial charge in [0.1, 0.15) is 0 Å². The Bertz CT molecular complexity index is 596. The van der Waals surface area contributed by atoms with Crippen molar-refractivity contribution in [3.63, 3.8) is 0 Å². The van der Waals surface area contributed by atoms with E-state index in [1.807, 2.05) is 55.5 Å². The van der Waals surface area contributed by atoms with E-state index in [-0.39, 0.29) is 5.91 Å². The van der Waals surface area contributed by atoms with Crippen molar-refractivity contribution in [2.24, 2.45) is 0 Å². The zero-order valence-corrected chi connectivity index (χ0v) is 11.5. The van der Waals surface area contributed by atoms with Crippen molar-refractivity contribution in [2.45, 2.75) is 19.9 Å². The van der Waals surface area contributed by atoms with Crippen LogP contribution in [0.25, 0.3) is 0 Å². The molecule has 0 spiro atoms. The van der Waals surface area contributed by atoms with Crippen molar-refractivity contribution in [2.75, 3.05) is 16.4 Å². The van der Waals surface area contributed by atoms with E-state index < -0.39 is 0 Å². The standard InChI is InChI=1S/C16H19N3O/c1-2-16(20)19-14-8-5-7-13(10-14)18-11-12-6-3-4-9-15(12)17/h3-10,18H,2,11,17H2,1H3,(H,19,20). The molecule has 0 heterocycles. The fraction of sp³-hybridized carbons (Fsp3) is 0.188. The summed E-state index contributed by atoms with van der Waals surface area (Å²) in [7, 11) is 0. The number of carbonyl (C=O) groups excluding carboxylic acids is 1. The Morgan fingerprint density at radius 3 is 2.60 bits per heavy atom. The molecule has 0 saturated heterocycles. The summed E-state index contributed by atoms with van der Waals surface area (Å²) in [4.78, 5) is 11.4. The molecule has 0 radical (unpaired) electrons. The Labute approximate surface area is 119 Å². The van der Waals surface area contributed by atoms with Crippen LogP contribution in [0.15, 0.2) is 48.5 Å². The van der Waals surface area contributed by atoms with Gasteiger partial charge in [0.25, 0.3) is 0 Å². The number of anilines is 3. The summed E-state index contributed by atoms with van der Waals surface area (Å²) >= 11 is 0. The second-order valence-electron chi connectivity index (χ2n) is 4.53. The molecule has 0 aliphatic heterocycles. The van der Waals surface area contributed by atoms with Crippen molar-refractivity contribution >= 4 is 23.0 Å². The van der Waals surface area contributed by atoms with Gasteiger partial charge >= 0.3 is 0 Å². The summed E-state index contributed by atoms with van der Waals surface area (Å²) in [6.07, 6.45) is 0.470. The average Bonchev–Trinajstić information content (AvgIpc) is 2.47. The van der Waals surface area contributed by atoms with Crippen molar-refractivity contribution < 1.29 is 4.79 Å². The van der Waals surface area contributed by atoms with Gasteiger partial charge in [0.05, 0.1) is 0 Å². The van der Waals surface area contributed by atoms with E-state index >= 15 is 0 Å². The van der Waals surface area contributed by atoms with Gasteiger partial charge in [-0.2, -0.15) is 0 Å². The van der Waals surface area contributed by atoms with Gasteiger partial charge in [0.2, 0.25) is 5.91 Å². The first-order valence-corrected chi connectivity index (χ1v) is 6.66. The molecule has 20 heavy (non-hydrogen) atoms. The Kier molecular flexibility index (Phi) is 4.60. The third-order valence-corrected chi connectivity index (χ3v) is 3.01. The number of para-hydroxylation sites is 1. The number of carbonyl (C=O) groups is 1. The summed E-state index contributed by atoms with van der Waals surface area (Å²) in [5, 5.41) is 6.14. The smallest absolute Gasteiger partial charge is 0.224 e. The Morgan fingerprint density at radius 2 is 1.85 bits per heavy atom. The molecule has 0 aliphatic carbocycles. The first kappa shape index (κ1) is 13.9. The van der Waals surface area contributed by atoms with E-state index in [0.29, 0.717) is 13.0 Å². The second kappa shape index (κ2) is 6.61. The predicted octanol–water partition coefficient (Wildman–Crippen LogP) is 3.23. The molecule has 0 fully saturated rings. The Hall–Kier alpha value is -2.49. The van der Waals surface area contributed by atoms with Crippen LogP contribution in [-0.2, 0) is 11.3 Å². The van der Waals surface area contributed by atoms with Gasteiger partial charge in [0.15, 0.2) is 0 Å². The minimum Gasteiger partial charge on any atom is -0.398 e. The highest BCUT2D eigenvalue weighted by Crippen LogP contribution is 2.18. The highest BCUT2D eigenvalue weighted by atomic mass is 16.1. The van der Waals surface area contributed by atoms with Crippen LogP contribution in [0.1, 0.15) is 18.9 Å². The summed E-state index contributed by atoms with van der Waals surface area (Å²) < 4.78 is 0. The van der Waals surface area contributed by atoms with Crippen molar-refractivity contribution in [1.29, 1.82) is 0 Å². The maximum absolute atomic E-state index is 11.4. The number of nitrogen functional groups attached to an aromatic ring is 1. The van der Waals surface area contributed by atoms with Crippen LogP contribution in [0.3, 0.4) is 0 Å². The zero-order valence-electron chi connectivity index (χ0n) is 11.5. The van der Waals surface area contributed by atoms with Gasteiger partial charge in [-0.05, 0) is 29.8 Å². The lowest BCUT2D eigenvalue weighted by molar-refractivity contribution is -0.115. The quantitative estimate of drug-likeness (QED) is 0.730. The molecule has 0 aliphatic rings. The van der Waals surface area contributed by atoms with E-state index in [2.05, 4.69) is 10.6 Å². The normalized spacial score (nSPS) is 10.1. The van der Waals surface area contributed by atoms with Crippen LogP contribution in [0.5, 0.6) is 0 Å². The molecule has 0 saturated carbocycles. The molecule has 0 atom stereocenters. The molecule has 0 unspecified atom stereocenters. The predicted molar refractivity (Wildman–Crippen MR) is 83.5 cm³/mol. The average molecular weight is 269 g/mol. The van der Waals surface area contributed by atoms with E-state index in [0.717, 1.165) is 22.6 Å². The molecular formula is C16H19N3O. The minimum absolute atomic E-state index is 0.00875. The van der Waals surface area contributed by atoms with Crippen LogP contribution in [0.2, 0.25) is 0 Å². The fourth-order valence-electron chi connectivity index (χ4n) is 1.85. The lowest BCUT2D eigenvalue weighted by atomic mass is 10.2. The van der Waals surface area contributed by atoms with E-state index in [1.54, 1.807) is 0 Å². The Morgan fingerprint density at radius 1 is 1.10 bits per heavy atom. The minimum atomic E-state index is 0.00875. The molecular weight excluding hydrogens is 250 g/mol. The molecule has 2 aromatic rings. The fourth-order valence-corrected chi connectivity index (χ4v) is 1.85. The molecule has 104 valence electrons. The van der Waals surface area contributed by atoms with Crippen molar-refractivity contribution in [3.8, 4) is 0 Å². The summed E-state index contributed by atoms with van der Waals surface area (Å²) in [5.74, 6) is 0.00875. The topological polar surface area (TPSA) is 67.2 Å². The van der Waals surface area contributed by atoms with Crippen LogP contribution >= 0.6 is 0 Å². The van der Waals surface area contributed by atoms with E-state index in [9.17, 15) is 4.79 Å². The van der Waals surface area contributed by atoms with Crippen LogP contribution < -0.4 is 16.4 Å². The highest BCUT2D eigenvalue weighted by Gasteiger charge is 2.01. The molecule has 4 N–H and O–H groups in total. The third-order valence-electron chi connectivity index (χ3n) is 3.01. The molecule has 2 aromatic carbocycles. The van der Waals surface area contributed by atoms with Crippen molar-refractivity contribution in [1.82, 2.24) is 0 Å². The molecule has 1 amide bonds. The SMILES string of the molecule is CCC(=O)Nc1cccc(NCc2ccccc2N)c1. The molecule has 4 heteroatoms. The van der Waals surface area contributed by atoms with Gasteiger partial charge in [-0.15, -0.1) is 0 Å². The number of nitrogens with two attached hydrogens (primary N) is 1. The first-order chi connectivity index (χ1) is 9.69. The number of amides is 1. The molecule has 4 nitrogen and oxygen atoms in total. The third kappa shape index (κ3) is 3.75.